The number of methoxy groups -OCH3 is 1. The summed E-state index contributed by atoms with van der Waals surface area (Å²) in [6, 6.07) is 4.81. The average molecular weight is 363 g/mol. The quantitative estimate of drug-likeness (QED) is 0.551. The summed E-state index contributed by atoms with van der Waals surface area (Å²) in [5.74, 6) is -0.256. The second-order valence-corrected chi connectivity index (χ2v) is 7.64. The molecule has 1 aromatic rings. The number of carbonyl (C=O) groups is 1. The average Bonchev–Trinajstić information content (AvgIpc) is 2.40. The summed E-state index contributed by atoms with van der Waals surface area (Å²) in [6.45, 7) is 2.04. The van der Waals surface area contributed by atoms with Gasteiger partial charge in [0.25, 0.3) is 0 Å². The lowest BCUT2D eigenvalue weighted by molar-refractivity contribution is 0.0600. The summed E-state index contributed by atoms with van der Waals surface area (Å²) in [7, 11) is -1.81. The molecule has 0 amide bonds. The van der Waals surface area contributed by atoms with E-state index < -0.39 is 15.8 Å². The Bertz CT molecular complexity index is 567. The van der Waals surface area contributed by atoms with Gasteiger partial charge in [-0.1, -0.05) is 41.8 Å². The van der Waals surface area contributed by atoms with Gasteiger partial charge >= 0.3 is 5.97 Å². The Kier molecular flexibility index (Phi) is 6.68. The fraction of sp³-hybridized carbons (Fsp3) is 0.500. The molecule has 1 rings (SSSR count). The van der Waals surface area contributed by atoms with Crippen molar-refractivity contribution < 1.29 is 17.9 Å². The van der Waals surface area contributed by atoms with Crippen molar-refractivity contribution in [2.45, 2.75) is 31.9 Å². The van der Waals surface area contributed by atoms with Crippen molar-refractivity contribution in [2.24, 2.45) is 0 Å². The molecule has 0 atom stereocenters. The first-order chi connectivity index (χ1) is 9.39. The smallest absolute Gasteiger partial charge is 0.337 e. The van der Waals surface area contributed by atoms with E-state index in [0.29, 0.717) is 22.0 Å². The normalized spacial score (nSPS) is 11.3. The Morgan fingerprint density at radius 1 is 1.30 bits per heavy atom. The van der Waals surface area contributed by atoms with Crippen LogP contribution in [0.3, 0.4) is 0 Å². The highest BCUT2D eigenvalue weighted by molar-refractivity contribution is 9.10. The number of hydrogen-bond donors (Lipinski definition) is 0. The lowest BCUT2D eigenvalue weighted by atomic mass is 10.1. The molecule has 20 heavy (non-hydrogen) atoms. The second-order valence-electron chi connectivity index (χ2n) is 4.60. The van der Waals surface area contributed by atoms with E-state index in [0.717, 1.165) is 12.8 Å². The third-order valence-electron chi connectivity index (χ3n) is 2.91. The van der Waals surface area contributed by atoms with Gasteiger partial charge in [-0.05, 0) is 24.1 Å². The molecule has 6 heteroatoms. The predicted molar refractivity (Wildman–Crippen MR) is 82.5 cm³/mol. The van der Waals surface area contributed by atoms with E-state index >= 15 is 0 Å². The van der Waals surface area contributed by atoms with Gasteiger partial charge in [0.1, 0.15) is 0 Å². The Morgan fingerprint density at radius 3 is 2.55 bits per heavy atom. The SMILES string of the molecule is CCCCCS(=O)(=O)Cc1ccc(C(=O)OC)cc1Br. The summed E-state index contributed by atoms with van der Waals surface area (Å²) < 4.78 is 29.2. The van der Waals surface area contributed by atoms with Gasteiger partial charge in [-0.3, -0.25) is 0 Å². The first kappa shape index (κ1) is 17.2. The minimum atomic E-state index is -3.11. The van der Waals surface area contributed by atoms with Gasteiger partial charge in [0.15, 0.2) is 9.84 Å². The summed E-state index contributed by atoms with van der Waals surface area (Å²) in [5, 5.41) is 0. The molecule has 0 radical (unpaired) electrons. The molecular formula is C14H19BrO4S. The van der Waals surface area contributed by atoms with Crippen LogP contribution in [0.4, 0.5) is 0 Å². The van der Waals surface area contributed by atoms with Crippen molar-refractivity contribution in [3.63, 3.8) is 0 Å². The van der Waals surface area contributed by atoms with E-state index in [2.05, 4.69) is 20.7 Å². The molecule has 4 nitrogen and oxygen atoms in total. The molecule has 0 heterocycles. The van der Waals surface area contributed by atoms with Gasteiger partial charge in [0.2, 0.25) is 0 Å². The van der Waals surface area contributed by atoms with Crippen molar-refractivity contribution in [3.8, 4) is 0 Å². The number of esters is 1. The number of sulfone groups is 1. The van der Waals surface area contributed by atoms with Crippen LogP contribution in [0.2, 0.25) is 0 Å². The van der Waals surface area contributed by atoms with Crippen LogP contribution in [0.5, 0.6) is 0 Å². The highest BCUT2D eigenvalue weighted by Crippen LogP contribution is 2.22. The molecule has 112 valence electrons. The maximum absolute atomic E-state index is 12.0. The van der Waals surface area contributed by atoms with Crippen LogP contribution >= 0.6 is 15.9 Å². The summed E-state index contributed by atoms with van der Waals surface area (Å²) in [4.78, 5) is 11.4. The molecule has 0 saturated heterocycles. The Hall–Kier alpha value is -0.880. The molecular weight excluding hydrogens is 344 g/mol. The van der Waals surface area contributed by atoms with Crippen molar-refractivity contribution >= 4 is 31.7 Å². The number of hydrogen-bond acceptors (Lipinski definition) is 4. The van der Waals surface area contributed by atoms with E-state index in [9.17, 15) is 13.2 Å². The fourth-order valence-electron chi connectivity index (χ4n) is 1.79. The van der Waals surface area contributed by atoms with Gasteiger partial charge < -0.3 is 4.74 Å². The third kappa shape index (κ3) is 5.25. The molecule has 0 bridgehead atoms. The summed E-state index contributed by atoms with van der Waals surface area (Å²) in [6.07, 6.45) is 2.60. The number of carbonyl (C=O) groups excluding carboxylic acids is 1. The first-order valence-electron chi connectivity index (χ1n) is 6.46. The minimum absolute atomic E-state index is 0.0151. The van der Waals surface area contributed by atoms with E-state index in [1.165, 1.54) is 7.11 Å². The summed E-state index contributed by atoms with van der Waals surface area (Å²) >= 11 is 3.31. The molecule has 0 unspecified atom stereocenters. The lowest BCUT2D eigenvalue weighted by Gasteiger charge is -2.08. The third-order valence-corrected chi connectivity index (χ3v) is 5.31. The summed E-state index contributed by atoms with van der Waals surface area (Å²) in [5.41, 5.74) is 1.06. The largest absolute Gasteiger partial charge is 0.465 e. The Balaban J connectivity index is 2.80. The van der Waals surface area contributed by atoms with E-state index in [1.807, 2.05) is 6.92 Å². The van der Waals surface area contributed by atoms with Crippen LogP contribution in [-0.2, 0) is 20.3 Å². The molecule has 0 aliphatic heterocycles. The monoisotopic (exact) mass is 362 g/mol. The fourth-order valence-corrected chi connectivity index (χ4v) is 4.01. The minimum Gasteiger partial charge on any atom is -0.465 e. The van der Waals surface area contributed by atoms with Crippen LogP contribution in [0.25, 0.3) is 0 Å². The Labute approximate surface area is 128 Å². The van der Waals surface area contributed by atoms with Crippen LogP contribution in [0.1, 0.15) is 42.1 Å². The lowest BCUT2D eigenvalue weighted by Crippen LogP contribution is -2.10. The van der Waals surface area contributed by atoms with Crippen molar-refractivity contribution in [2.75, 3.05) is 12.9 Å². The highest BCUT2D eigenvalue weighted by atomic mass is 79.9. The number of unbranched alkanes of at least 4 members (excludes halogenated alkanes) is 2. The van der Waals surface area contributed by atoms with Gasteiger partial charge in [-0.25, -0.2) is 13.2 Å². The van der Waals surface area contributed by atoms with Crippen LogP contribution in [-0.4, -0.2) is 27.2 Å². The second kappa shape index (κ2) is 7.78. The number of rotatable bonds is 7. The molecule has 1 aromatic carbocycles. The van der Waals surface area contributed by atoms with E-state index in [-0.39, 0.29) is 11.5 Å². The maximum Gasteiger partial charge on any atom is 0.337 e. The van der Waals surface area contributed by atoms with Gasteiger partial charge in [0.05, 0.1) is 24.2 Å². The van der Waals surface area contributed by atoms with Gasteiger partial charge in [0, 0.05) is 4.47 Å². The van der Waals surface area contributed by atoms with Crippen LogP contribution < -0.4 is 0 Å². The van der Waals surface area contributed by atoms with Crippen molar-refractivity contribution in [1.82, 2.24) is 0 Å². The van der Waals surface area contributed by atoms with Crippen molar-refractivity contribution in [3.05, 3.63) is 33.8 Å². The number of halogens is 1. The molecule has 0 aromatic heterocycles. The number of benzene rings is 1. The van der Waals surface area contributed by atoms with Gasteiger partial charge in [-0.2, -0.15) is 0 Å². The topological polar surface area (TPSA) is 60.4 Å². The zero-order valence-corrected chi connectivity index (χ0v) is 14.1. The van der Waals surface area contributed by atoms with Crippen LogP contribution in [0.15, 0.2) is 22.7 Å². The zero-order chi connectivity index (χ0) is 15.2. The molecule has 0 N–H and O–H groups in total. The van der Waals surface area contributed by atoms with Gasteiger partial charge in [-0.15, -0.1) is 0 Å². The van der Waals surface area contributed by atoms with E-state index in [1.54, 1.807) is 18.2 Å². The first-order valence-corrected chi connectivity index (χ1v) is 9.08. The molecule has 0 fully saturated rings. The number of ether oxygens (including phenoxy) is 1. The molecule has 0 spiro atoms. The van der Waals surface area contributed by atoms with E-state index in [4.69, 9.17) is 0 Å². The van der Waals surface area contributed by atoms with Crippen LogP contribution in [0, 0.1) is 0 Å². The maximum atomic E-state index is 12.0. The standard InChI is InChI=1S/C14H19BrO4S/c1-3-4-5-8-20(17,18)10-12-7-6-11(9-13(12)15)14(16)19-2/h6-7,9H,3-5,8,10H2,1-2H3. The molecule has 0 saturated carbocycles. The zero-order valence-electron chi connectivity index (χ0n) is 11.7. The molecule has 0 aliphatic rings. The molecule has 0 aliphatic carbocycles. The Morgan fingerprint density at radius 2 is 2.00 bits per heavy atom. The predicted octanol–water partition coefficient (Wildman–Crippen LogP) is 3.34. The highest BCUT2D eigenvalue weighted by Gasteiger charge is 2.15. The van der Waals surface area contributed by atoms with Crippen molar-refractivity contribution in [1.29, 1.82) is 0 Å².